The molecule has 2 aromatic carbocycles. The minimum Gasteiger partial charge on any atom is -0.355 e. The van der Waals surface area contributed by atoms with Crippen LogP contribution >= 0.6 is 11.6 Å². The summed E-state index contributed by atoms with van der Waals surface area (Å²) in [6.45, 7) is -0.153. The highest BCUT2D eigenvalue weighted by Crippen LogP contribution is 2.19. The van der Waals surface area contributed by atoms with Crippen LogP contribution in [0.3, 0.4) is 0 Å². The third-order valence-electron chi connectivity index (χ3n) is 3.50. The number of benzene rings is 2. The summed E-state index contributed by atoms with van der Waals surface area (Å²) in [7, 11) is -2.40. The lowest BCUT2D eigenvalue weighted by Crippen LogP contribution is -2.28. The minimum atomic E-state index is -3.91. The predicted octanol–water partition coefficient (Wildman–Crippen LogP) is 2.15. The Kier molecular flexibility index (Phi) is 6.89. The predicted molar refractivity (Wildman–Crippen MR) is 99.7 cm³/mol. The summed E-state index contributed by atoms with van der Waals surface area (Å²) in [5, 5.41) is 4.77. The summed E-state index contributed by atoms with van der Waals surface area (Å²) in [4.78, 5) is 23.2. The van der Waals surface area contributed by atoms with Crippen LogP contribution in [0, 0.1) is 5.82 Å². The lowest BCUT2D eigenvalue weighted by Gasteiger charge is -2.08. The Morgan fingerprint density at radius 2 is 1.78 bits per heavy atom. The number of nitrogens with one attached hydrogen (secondary N) is 3. The van der Waals surface area contributed by atoms with Gasteiger partial charge in [-0.15, -0.1) is 0 Å². The number of halogens is 2. The van der Waals surface area contributed by atoms with Gasteiger partial charge in [0.1, 0.15) is 5.82 Å². The minimum absolute atomic E-state index is 0.120. The smallest absolute Gasteiger partial charge is 0.251 e. The molecule has 2 aromatic rings. The lowest BCUT2D eigenvalue weighted by molar-refractivity contribution is -0.116. The van der Waals surface area contributed by atoms with E-state index in [9.17, 15) is 22.4 Å². The molecule has 7 nitrogen and oxygen atoms in total. The number of carbonyl (C=O) groups is 2. The molecule has 0 atom stereocenters. The van der Waals surface area contributed by atoms with E-state index in [1.54, 1.807) is 24.3 Å². The molecule has 0 aliphatic rings. The molecule has 0 saturated heterocycles. The van der Waals surface area contributed by atoms with Gasteiger partial charge in [0.15, 0.2) is 0 Å². The van der Waals surface area contributed by atoms with Gasteiger partial charge in [-0.2, -0.15) is 0 Å². The van der Waals surface area contributed by atoms with E-state index in [0.29, 0.717) is 11.3 Å². The molecule has 0 radical (unpaired) electrons. The van der Waals surface area contributed by atoms with E-state index in [-0.39, 0.29) is 28.8 Å². The van der Waals surface area contributed by atoms with Crippen molar-refractivity contribution >= 4 is 39.1 Å². The highest BCUT2D eigenvalue weighted by Gasteiger charge is 2.16. The first-order chi connectivity index (χ1) is 12.7. The average molecular weight is 414 g/mol. The molecule has 10 heteroatoms. The summed E-state index contributed by atoms with van der Waals surface area (Å²) >= 11 is 5.58. The molecule has 2 rings (SSSR count). The third-order valence-corrected chi connectivity index (χ3v) is 5.25. The fourth-order valence-electron chi connectivity index (χ4n) is 2.10. The molecule has 0 saturated carbocycles. The second-order valence-electron chi connectivity index (χ2n) is 5.43. The molecule has 2 amide bonds. The fraction of sp³-hybridized carbons (Fsp3) is 0.176. The summed E-state index contributed by atoms with van der Waals surface area (Å²) in [5.74, 6) is -1.39. The first kappa shape index (κ1) is 20.8. The number of hydrogen-bond acceptors (Lipinski definition) is 4. The number of amides is 2. The normalized spacial score (nSPS) is 11.1. The molecular weight excluding hydrogens is 397 g/mol. The molecule has 0 unspecified atom stereocenters. The Labute approximate surface area is 161 Å². The lowest BCUT2D eigenvalue weighted by atomic mass is 10.2. The summed E-state index contributed by atoms with van der Waals surface area (Å²) in [5.41, 5.74) is 0.919. The maximum atomic E-state index is 13.1. The van der Waals surface area contributed by atoms with Crippen LogP contribution in [0.25, 0.3) is 0 Å². The van der Waals surface area contributed by atoms with Crippen LogP contribution in [0.4, 0.5) is 10.1 Å². The maximum absolute atomic E-state index is 13.1. The number of rotatable bonds is 7. The highest BCUT2D eigenvalue weighted by molar-refractivity contribution is 7.89. The second-order valence-corrected chi connectivity index (χ2v) is 7.60. The van der Waals surface area contributed by atoms with Crippen molar-refractivity contribution in [3.8, 4) is 0 Å². The second kappa shape index (κ2) is 8.94. The van der Waals surface area contributed by atoms with Gasteiger partial charge in [0.05, 0.1) is 9.92 Å². The van der Waals surface area contributed by atoms with Crippen molar-refractivity contribution < 1.29 is 22.4 Å². The number of sulfonamides is 1. The molecule has 0 bridgehead atoms. The monoisotopic (exact) mass is 413 g/mol. The van der Waals surface area contributed by atoms with Gasteiger partial charge in [0.2, 0.25) is 15.9 Å². The van der Waals surface area contributed by atoms with Crippen LogP contribution < -0.4 is 15.4 Å². The number of carbonyl (C=O) groups excluding carboxylic acids is 2. The van der Waals surface area contributed by atoms with E-state index in [0.717, 1.165) is 18.2 Å². The number of anilines is 1. The Morgan fingerprint density at radius 3 is 2.37 bits per heavy atom. The Balaban J connectivity index is 1.88. The van der Waals surface area contributed by atoms with E-state index in [2.05, 4.69) is 15.4 Å². The van der Waals surface area contributed by atoms with Gasteiger partial charge in [-0.05, 0) is 42.5 Å². The van der Waals surface area contributed by atoms with Crippen molar-refractivity contribution in [2.75, 3.05) is 18.9 Å². The van der Waals surface area contributed by atoms with Crippen molar-refractivity contribution in [1.29, 1.82) is 0 Å². The van der Waals surface area contributed by atoms with Crippen LogP contribution in [0.5, 0.6) is 0 Å². The van der Waals surface area contributed by atoms with Gasteiger partial charge in [0, 0.05) is 31.3 Å². The fourth-order valence-corrected chi connectivity index (χ4v) is 3.40. The zero-order valence-electron chi connectivity index (χ0n) is 14.3. The van der Waals surface area contributed by atoms with Crippen LogP contribution in [0.2, 0.25) is 5.02 Å². The zero-order valence-corrected chi connectivity index (χ0v) is 15.8. The van der Waals surface area contributed by atoms with Crippen molar-refractivity contribution in [3.63, 3.8) is 0 Å². The third kappa shape index (κ3) is 5.75. The molecule has 0 aliphatic heterocycles. The maximum Gasteiger partial charge on any atom is 0.251 e. The molecule has 0 heterocycles. The zero-order chi connectivity index (χ0) is 20.0. The topological polar surface area (TPSA) is 104 Å². The first-order valence-electron chi connectivity index (χ1n) is 7.79. The van der Waals surface area contributed by atoms with Gasteiger partial charge >= 0.3 is 0 Å². The van der Waals surface area contributed by atoms with E-state index in [1.165, 1.54) is 7.05 Å². The van der Waals surface area contributed by atoms with Crippen molar-refractivity contribution in [2.24, 2.45) is 0 Å². The van der Waals surface area contributed by atoms with Crippen molar-refractivity contribution in [1.82, 2.24) is 10.0 Å². The van der Waals surface area contributed by atoms with E-state index in [1.807, 2.05) is 0 Å². The molecule has 144 valence electrons. The highest BCUT2D eigenvalue weighted by atomic mass is 35.5. The van der Waals surface area contributed by atoms with E-state index >= 15 is 0 Å². The van der Waals surface area contributed by atoms with Crippen LogP contribution in [-0.2, 0) is 14.8 Å². The summed E-state index contributed by atoms with van der Waals surface area (Å²) in [6, 6.07) is 9.25. The largest absolute Gasteiger partial charge is 0.355 e. The first-order valence-corrected chi connectivity index (χ1v) is 9.66. The molecule has 0 fully saturated rings. The standard InChI is InChI=1S/C17H17ClFN3O4S/c1-20-17(24)11-2-4-12(5-3-11)22-16(23)8-9-21-27(25,26)13-6-7-15(19)14(18)10-13/h2-7,10,21H,8-9H2,1H3,(H,20,24)(H,22,23). The molecule has 0 aliphatic carbocycles. The molecule has 0 aromatic heterocycles. The average Bonchev–Trinajstić information content (AvgIpc) is 2.63. The van der Waals surface area contributed by atoms with E-state index < -0.39 is 21.7 Å². The number of hydrogen-bond donors (Lipinski definition) is 3. The van der Waals surface area contributed by atoms with Crippen LogP contribution in [0.1, 0.15) is 16.8 Å². The summed E-state index contributed by atoms with van der Waals surface area (Å²) in [6.07, 6.45) is -0.120. The molecule has 27 heavy (non-hydrogen) atoms. The van der Waals surface area contributed by atoms with Gasteiger partial charge in [0.25, 0.3) is 5.91 Å². The van der Waals surface area contributed by atoms with Gasteiger partial charge in [-0.1, -0.05) is 11.6 Å². The van der Waals surface area contributed by atoms with Gasteiger partial charge in [-0.3, -0.25) is 9.59 Å². The molecular formula is C17H17ClFN3O4S. The van der Waals surface area contributed by atoms with Gasteiger partial charge in [-0.25, -0.2) is 17.5 Å². The van der Waals surface area contributed by atoms with Crippen molar-refractivity contribution in [2.45, 2.75) is 11.3 Å². The SMILES string of the molecule is CNC(=O)c1ccc(NC(=O)CCNS(=O)(=O)c2ccc(F)c(Cl)c2)cc1. The Hall–Kier alpha value is -2.49. The molecule has 0 spiro atoms. The van der Waals surface area contributed by atoms with Crippen LogP contribution in [-0.4, -0.2) is 33.8 Å². The van der Waals surface area contributed by atoms with Crippen LogP contribution in [0.15, 0.2) is 47.4 Å². The van der Waals surface area contributed by atoms with Gasteiger partial charge < -0.3 is 10.6 Å². The Bertz CT molecular complexity index is 949. The summed E-state index contributed by atoms with van der Waals surface area (Å²) < 4.78 is 39.6. The Morgan fingerprint density at radius 1 is 1.11 bits per heavy atom. The van der Waals surface area contributed by atoms with E-state index in [4.69, 9.17) is 11.6 Å². The quantitative estimate of drug-likeness (QED) is 0.646. The van der Waals surface area contributed by atoms with Crippen molar-refractivity contribution in [3.05, 3.63) is 58.9 Å². The molecule has 3 N–H and O–H groups in total.